The molecule has 0 spiro atoms. The number of carbonyl (C=O) groups excluding carboxylic acids is 1. The Bertz CT molecular complexity index is 548. The van der Waals surface area contributed by atoms with Crippen molar-refractivity contribution >= 4 is 11.9 Å². The molecule has 0 radical (unpaired) electrons. The Kier molecular flexibility index (Phi) is 4.09. The highest BCUT2D eigenvalue weighted by Crippen LogP contribution is 2.45. The van der Waals surface area contributed by atoms with Crippen LogP contribution in [0.3, 0.4) is 0 Å². The molecule has 1 amide bonds. The van der Waals surface area contributed by atoms with Gasteiger partial charge < -0.3 is 19.2 Å². The molecule has 21 heavy (non-hydrogen) atoms. The third-order valence-corrected chi connectivity index (χ3v) is 4.31. The van der Waals surface area contributed by atoms with Gasteiger partial charge >= 0.3 is 5.97 Å². The molecule has 1 aliphatic carbocycles. The molecule has 116 valence electrons. The van der Waals surface area contributed by atoms with Crippen molar-refractivity contribution in [1.82, 2.24) is 4.90 Å². The van der Waals surface area contributed by atoms with Crippen LogP contribution in [0.4, 0.5) is 0 Å². The molecule has 1 aromatic heterocycles. The molecule has 1 heterocycles. The Labute approximate surface area is 123 Å². The summed E-state index contributed by atoms with van der Waals surface area (Å²) >= 11 is 0. The molecule has 0 aromatic carbocycles. The Morgan fingerprint density at radius 3 is 2.52 bits per heavy atom. The normalized spacial score (nSPS) is 23.4. The van der Waals surface area contributed by atoms with Crippen molar-refractivity contribution in [2.24, 2.45) is 5.41 Å². The van der Waals surface area contributed by atoms with Crippen LogP contribution < -0.4 is 0 Å². The predicted octanol–water partition coefficient (Wildman–Crippen LogP) is 2.25. The van der Waals surface area contributed by atoms with Gasteiger partial charge in [-0.15, -0.1) is 0 Å². The molecule has 1 aromatic rings. The zero-order valence-corrected chi connectivity index (χ0v) is 12.8. The second-order valence-electron chi connectivity index (χ2n) is 5.90. The quantitative estimate of drug-likeness (QED) is 0.901. The van der Waals surface area contributed by atoms with Gasteiger partial charge in [0.15, 0.2) is 5.76 Å². The number of rotatable bonds is 5. The fraction of sp³-hybridized carbons (Fsp3) is 0.600. The smallest absolute Gasteiger partial charge is 0.371 e. The third-order valence-electron chi connectivity index (χ3n) is 4.31. The number of hydrogen-bond acceptors (Lipinski definition) is 4. The molecule has 0 saturated heterocycles. The van der Waals surface area contributed by atoms with Gasteiger partial charge in [0, 0.05) is 25.1 Å². The zero-order valence-electron chi connectivity index (χ0n) is 12.8. The van der Waals surface area contributed by atoms with Gasteiger partial charge in [-0.2, -0.15) is 0 Å². The third kappa shape index (κ3) is 2.68. The molecule has 2 atom stereocenters. The van der Waals surface area contributed by atoms with Crippen LogP contribution in [0.25, 0.3) is 0 Å². The van der Waals surface area contributed by atoms with Crippen LogP contribution in [-0.4, -0.2) is 47.7 Å². The lowest BCUT2D eigenvalue weighted by molar-refractivity contribution is -0.137. The molecular formula is C15H21NO5. The minimum absolute atomic E-state index is 0.0416. The molecular weight excluding hydrogens is 274 g/mol. The van der Waals surface area contributed by atoms with Crippen molar-refractivity contribution in [3.8, 4) is 0 Å². The van der Waals surface area contributed by atoms with E-state index in [2.05, 4.69) is 13.8 Å². The summed E-state index contributed by atoms with van der Waals surface area (Å²) in [5.41, 5.74) is -0.136. The number of carboxylic acid groups (broad SMARTS) is 1. The van der Waals surface area contributed by atoms with Gasteiger partial charge in [0.1, 0.15) is 0 Å². The fourth-order valence-electron chi connectivity index (χ4n) is 2.89. The lowest BCUT2D eigenvalue weighted by Crippen LogP contribution is -2.62. The first-order valence-electron chi connectivity index (χ1n) is 7.01. The molecule has 1 fully saturated rings. The monoisotopic (exact) mass is 295 g/mol. The summed E-state index contributed by atoms with van der Waals surface area (Å²) in [4.78, 5) is 24.8. The minimum atomic E-state index is -1.18. The summed E-state index contributed by atoms with van der Waals surface area (Å²) in [5, 5.41) is 8.83. The summed E-state index contributed by atoms with van der Waals surface area (Å²) in [6.07, 6.45) is 0.907. The first-order valence-corrected chi connectivity index (χ1v) is 7.01. The van der Waals surface area contributed by atoms with Crippen LogP contribution in [0.2, 0.25) is 0 Å². The topological polar surface area (TPSA) is 80.0 Å². The molecule has 0 bridgehead atoms. The van der Waals surface area contributed by atoms with Crippen molar-refractivity contribution in [2.75, 3.05) is 13.7 Å². The van der Waals surface area contributed by atoms with Gasteiger partial charge in [0.25, 0.3) is 5.91 Å². The first-order chi connectivity index (χ1) is 9.78. The second kappa shape index (κ2) is 5.52. The number of furan rings is 1. The Hall–Kier alpha value is -1.82. The highest BCUT2D eigenvalue weighted by molar-refractivity contribution is 5.93. The number of amides is 1. The van der Waals surface area contributed by atoms with Crippen molar-refractivity contribution in [2.45, 2.75) is 39.3 Å². The van der Waals surface area contributed by atoms with E-state index >= 15 is 0 Å². The van der Waals surface area contributed by atoms with E-state index in [9.17, 15) is 9.59 Å². The highest BCUT2D eigenvalue weighted by Gasteiger charge is 2.52. The number of nitrogens with zero attached hydrogens (tertiary/aromatic N) is 1. The maximum atomic E-state index is 12.4. The Morgan fingerprint density at radius 1 is 1.43 bits per heavy atom. The number of aromatic carboxylic acids is 1. The number of ether oxygens (including phenoxy) is 1. The van der Waals surface area contributed by atoms with Gasteiger partial charge in [-0.25, -0.2) is 4.79 Å². The van der Waals surface area contributed by atoms with E-state index in [0.717, 1.165) is 6.42 Å². The fourth-order valence-corrected chi connectivity index (χ4v) is 2.89. The van der Waals surface area contributed by atoms with E-state index in [1.54, 1.807) is 11.9 Å². The molecule has 6 heteroatoms. The molecule has 6 nitrogen and oxygen atoms in total. The van der Waals surface area contributed by atoms with Gasteiger partial charge in [-0.05, 0) is 25.5 Å². The van der Waals surface area contributed by atoms with Crippen molar-refractivity contribution in [1.29, 1.82) is 0 Å². The predicted molar refractivity (Wildman–Crippen MR) is 75.4 cm³/mol. The van der Waals surface area contributed by atoms with E-state index in [1.165, 1.54) is 12.1 Å². The molecule has 2 rings (SSSR count). The second-order valence-corrected chi connectivity index (χ2v) is 5.90. The van der Waals surface area contributed by atoms with Crippen molar-refractivity contribution < 1.29 is 23.8 Å². The molecule has 0 aliphatic heterocycles. The summed E-state index contributed by atoms with van der Waals surface area (Å²) in [6.45, 7) is 6.74. The van der Waals surface area contributed by atoms with Gasteiger partial charge in [-0.1, -0.05) is 13.8 Å². The standard InChI is InChI=1S/C15H21NO5/c1-5-20-12-8-11(15(12,2)3)16(4)13(17)9-6-7-10(21-9)14(18)19/h6-7,11-12H,5,8H2,1-4H3,(H,18,19)/t11-,12-/m0/s1. The van der Waals surface area contributed by atoms with Crippen LogP contribution in [0.5, 0.6) is 0 Å². The molecule has 0 unspecified atom stereocenters. The average molecular weight is 295 g/mol. The van der Waals surface area contributed by atoms with Gasteiger partial charge in [-0.3, -0.25) is 4.79 Å². The summed E-state index contributed by atoms with van der Waals surface area (Å²) in [6, 6.07) is 2.73. The summed E-state index contributed by atoms with van der Waals surface area (Å²) < 4.78 is 10.7. The molecule has 1 aliphatic rings. The first kappa shape index (κ1) is 15.6. The lowest BCUT2D eigenvalue weighted by atomic mass is 9.64. The number of carboxylic acids is 1. The van der Waals surface area contributed by atoms with E-state index < -0.39 is 5.97 Å². The largest absolute Gasteiger partial charge is 0.475 e. The summed E-state index contributed by atoms with van der Waals surface area (Å²) in [5.74, 6) is -1.68. The highest BCUT2D eigenvalue weighted by atomic mass is 16.5. The van der Waals surface area contributed by atoms with Gasteiger partial charge in [0.2, 0.25) is 5.76 Å². The minimum Gasteiger partial charge on any atom is -0.475 e. The molecule has 1 saturated carbocycles. The molecule has 1 N–H and O–H groups in total. The van der Waals surface area contributed by atoms with E-state index in [1.807, 2.05) is 6.92 Å². The van der Waals surface area contributed by atoms with E-state index in [4.69, 9.17) is 14.3 Å². The number of hydrogen-bond donors (Lipinski definition) is 1. The SMILES string of the molecule is CCO[C@H]1C[C@H](N(C)C(=O)c2ccc(C(=O)O)o2)C1(C)C. The summed E-state index contributed by atoms with van der Waals surface area (Å²) in [7, 11) is 1.71. The van der Waals surface area contributed by atoms with Crippen LogP contribution in [-0.2, 0) is 4.74 Å². The van der Waals surface area contributed by atoms with E-state index in [-0.39, 0.29) is 35.0 Å². The van der Waals surface area contributed by atoms with E-state index in [0.29, 0.717) is 6.61 Å². The zero-order chi connectivity index (χ0) is 15.8. The van der Waals surface area contributed by atoms with Gasteiger partial charge in [0.05, 0.1) is 6.10 Å². The maximum Gasteiger partial charge on any atom is 0.371 e. The maximum absolute atomic E-state index is 12.4. The van der Waals surface area contributed by atoms with Crippen LogP contribution in [0, 0.1) is 5.41 Å². The lowest BCUT2D eigenvalue weighted by Gasteiger charge is -2.54. The van der Waals surface area contributed by atoms with Crippen LogP contribution >= 0.6 is 0 Å². The Balaban J connectivity index is 2.08. The van der Waals surface area contributed by atoms with Crippen molar-refractivity contribution in [3.63, 3.8) is 0 Å². The Morgan fingerprint density at radius 2 is 2.05 bits per heavy atom. The average Bonchev–Trinajstić information content (AvgIpc) is 2.91. The van der Waals surface area contributed by atoms with Crippen LogP contribution in [0.15, 0.2) is 16.5 Å². The number of carbonyl (C=O) groups is 2. The van der Waals surface area contributed by atoms with Crippen molar-refractivity contribution in [3.05, 3.63) is 23.7 Å². The van der Waals surface area contributed by atoms with Crippen LogP contribution in [0.1, 0.15) is 48.3 Å².